The van der Waals surface area contributed by atoms with Crippen LogP contribution in [0.2, 0.25) is 0 Å². The van der Waals surface area contributed by atoms with Gasteiger partial charge in [-0.25, -0.2) is 0 Å². The molecular formula is C16H15NO3. The first-order valence-electron chi connectivity index (χ1n) is 6.10. The van der Waals surface area contributed by atoms with Crippen LogP contribution in [0.1, 0.15) is 10.4 Å². The highest BCUT2D eigenvalue weighted by Crippen LogP contribution is 2.21. The van der Waals surface area contributed by atoms with Gasteiger partial charge in [0.1, 0.15) is 11.5 Å². The molecular weight excluding hydrogens is 254 g/mol. The molecule has 4 nitrogen and oxygen atoms in total. The molecule has 0 radical (unpaired) electrons. The van der Waals surface area contributed by atoms with E-state index >= 15 is 0 Å². The predicted molar refractivity (Wildman–Crippen MR) is 78.2 cm³/mol. The van der Waals surface area contributed by atoms with Crippen LogP contribution >= 0.6 is 0 Å². The first-order valence-corrected chi connectivity index (χ1v) is 6.10. The fourth-order valence-corrected chi connectivity index (χ4v) is 1.68. The van der Waals surface area contributed by atoms with E-state index in [2.05, 4.69) is 5.32 Å². The largest absolute Gasteiger partial charge is 0.506 e. The summed E-state index contributed by atoms with van der Waals surface area (Å²) in [6.45, 7) is 0. The van der Waals surface area contributed by atoms with Crippen LogP contribution in [-0.2, 0) is 0 Å². The Morgan fingerprint density at radius 2 is 2.00 bits per heavy atom. The van der Waals surface area contributed by atoms with Crippen molar-refractivity contribution in [2.45, 2.75) is 0 Å². The van der Waals surface area contributed by atoms with Gasteiger partial charge in [-0.2, -0.15) is 0 Å². The van der Waals surface area contributed by atoms with E-state index in [9.17, 15) is 9.90 Å². The lowest BCUT2D eigenvalue weighted by Crippen LogP contribution is -1.97. The van der Waals surface area contributed by atoms with Crippen molar-refractivity contribution in [3.63, 3.8) is 0 Å². The Kier molecular flexibility index (Phi) is 4.39. The second kappa shape index (κ2) is 6.43. The van der Waals surface area contributed by atoms with E-state index in [0.29, 0.717) is 17.0 Å². The average molecular weight is 269 g/mol. The summed E-state index contributed by atoms with van der Waals surface area (Å²) in [5, 5.41) is 12.4. The molecule has 2 aromatic carbocycles. The molecule has 0 aliphatic rings. The molecule has 0 fully saturated rings. The first-order chi connectivity index (χ1) is 9.70. The minimum Gasteiger partial charge on any atom is -0.506 e. The number of nitrogens with one attached hydrogen (secondary N) is 1. The number of benzene rings is 2. The van der Waals surface area contributed by atoms with Gasteiger partial charge < -0.3 is 15.2 Å². The van der Waals surface area contributed by atoms with Crippen LogP contribution in [0.25, 0.3) is 0 Å². The quantitative estimate of drug-likeness (QED) is 0.497. The number of anilines is 1. The number of ether oxygens (including phenoxy) is 1. The van der Waals surface area contributed by atoms with E-state index in [1.165, 1.54) is 12.3 Å². The van der Waals surface area contributed by atoms with E-state index in [4.69, 9.17) is 4.74 Å². The molecule has 0 aliphatic heterocycles. The Bertz CT molecular complexity index is 635. The molecule has 0 spiro atoms. The van der Waals surface area contributed by atoms with Crippen LogP contribution in [0.3, 0.4) is 0 Å². The maximum absolute atomic E-state index is 11.9. The monoisotopic (exact) mass is 269 g/mol. The van der Waals surface area contributed by atoms with Crippen LogP contribution < -0.4 is 10.1 Å². The average Bonchev–Trinajstić information content (AvgIpc) is 2.49. The van der Waals surface area contributed by atoms with Gasteiger partial charge in [0.2, 0.25) is 0 Å². The van der Waals surface area contributed by atoms with Gasteiger partial charge in [0.15, 0.2) is 5.78 Å². The molecule has 0 aromatic heterocycles. The molecule has 0 saturated heterocycles. The van der Waals surface area contributed by atoms with Gasteiger partial charge in [-0.3, -0.25) is 4.79 Å². The van der Waals surface area contributed by atoms with Crippen LogP contribution in [0.5, 0.6) is 11.5 Å². The Morgan fingerprint density at radius 3 is 2.75 bits per heavy atom. The van der Waals surface area contributed by atoms with Crippen molar-refractivity contribution in [3.8, 4) is 11.5 Å². The number of carbonyl (C=O) groups excluding carboxylic acids is 1. The predicted octanol–water partition coefficient (Wildman–Crippen LogP) is 3.21. The summed E-state index contributed by atoms with van der Waals surface area (Å²) in [5.74, 6) is 0.621. The summed E-state index contributed by atoms with van der Waals surface area (Å²) in [5.41, 5.74) is 1.09. The normalized spacial score (nSPS) is 10.4. The Labute approximate surface area is 117 Å². The van der Waals surface area contributed by atoms with Crippen molar-refractivity contribution in [1.82, 2.24) is 0 Å². The van der Waals surface area contributed by atoms with Gasteiger partial charge in [-0.1, -0.05) is 24.3 Å². The number of aromatic hydroxyl groups is 1. The summed E-state index contributed by atoms with van der Waals surface area (Å²) in [6.07, 6.45) is 2.90. The van der Waals surface area contributed by atoms with Crippen molar-refractivity contribution < 1.29 is 14.6 Å². The highest BCUT2D eigenvalue weighted by molar-refractivity contribution is 6.04. The zero-order valence-corrected chi connectivity index (χ0v) is 11.0. The molecule has 20 heavy (non-hydrogen) atoms. The maximum atomic E-state index is 11.9. The van der Waals surface area contributed by atoms with Crippen LogP contribution in [-0.4, -0.2) is 18.0 Å². The number of rotatable bonds is 5. The lowest BCUT2D eigenvalue weighted by Gasteiger charge is -2.03. The van der Waals surface area contributed by atoms with E-state index in [0.717, 1.165) is 0 Å². The first kappa shape index (κ1) is 13.7. The molecule has 0 atom stereocenters. The molecule has 0 bridgehead atoms. The molecule has 0 aliphatic carbocycles. The number of allylic oxidation sites excluding steroid dienone is 1. The van der Waals surface area contributed by atoms with E-state index in [1.807, 2.05) is 0 Å². The second-order valence-corrected chi connectivity index (χ2v) is 4.09. The summed E-state index contributed by atoms with van der Waals surface area (Å²) < 4.78 is 5.07. The van der Waals surface area contributed by atoms with E-state index in [-0.39, 0.29) is 11.5 Å². The SMILES string of the molecule is COc1cccc(C(=O)C=CNc2ccccc2O)c1. The Balaban J connectivity index is 2.04. The fourth-order valence-electron chi connectivity index (χ4n) is 1.68. The second-order valence-electron chi connectivity index (χ2n) is 4.09. The van der Waals surface area contributed by atoms with Gasteiger partial charge in [0.25, 0.3) is 0 Å². The molecule has 2 N–H and O–H groups in total. The highest BCUT2D eigenvalue weighted by Gasteiger charge is 2.03. The van der Waals surface area contributed by atoms with Crippen molar-refractivity contribution in [2.24, 2.45) is 0 Å². The van der Waals surface area contributed by atoms with Crippen molar-refractivity contribution >= 4 is 11.5 Å². The Morgan fingerprint density at radius 1 is 1.20 bits per heavy atom. The van der Waals surface area contributed by atoms with Crippen molar-refractivity contribution in [1.29, 1.82) is 0 Å². The van der Waals surface area contributed by atoms with Crippen molar-refractivity contribution in [2.75, 3.05) is 12.4 Å². The molecule has 0 amide bonds. The fraction of sp³-hybridized carbons (Fsp3) is 0.0625. The maximum Gasteiger partial charge on any atom is 0.187 e. The third kappa shape index (κ3) is 3.38. The van der Waals surface area contributed by atoms with Crippen molar-refractivity contribution in [3.05, 3.63) is 66.4 Å². The standard InChI is InChI=1S/C16H15NO3/c1-20-13-6-4-5-12(11-13)15(18)9-10-17-14-7-2-3-8-16(14)19/h2-11,17,19H,1H3. The minimum atomic E-state index is -0.146. The number of para-hydroxylation sites is 2. The highest BCUT2D eigenvalue weighted by atomic mass is 16.5. The van der Waals surface area contributed by atoms with E-state index in [1.54, 1.807) is 55.6 Å². The summed E-state index contributed by atoms with van der Waals surface area (Å²) >= 11 is 0. The smallest absolute Gasteiger partial charge is 0.187 e. The van der Waals surface area contributed by atoms with E-state index < -0.39 is 0 Å². The molecule has 2 aromatic rings. The zero-order chi connectivity index (χ0) is 14.4. The van der Waals surface area contributed by atoms with Gasteiger partial charge in [0, 0.05) is 17.8 Å². The zero-order valence-electron chi connectivity index (χ0n) is 11.0. The molecule has 4 heteroatoms. The number of hydrogen-bond acceptors (Lipinski definition) is 4. The minimum absolute atomic E-state index is 0.131. The molecule has 2 rings (SSSR count). The molecule has 0 heterocycles. The van der Waals surface area contributed by atoms with Crippen LogP contribution in [0, 0.1) is 0 Å². The summed E-state index contributed by atoms with van der Waals surface area (Å²) in [7, 11) is 1.55. The third-order valence-electron chi connectivity index (χ3n) is 2.73. The number of methoxy groups -OCH3 is 1. The molecule has 0 saturated carbocycles. The van der Waals surface area contributed by atoms with Gasteiger partial charge >= 0.3 is 0 Å². The van der Waals surface area contributed by atoms with Crippen LogP contribution in [0.15, 0.2) is 60.8 Å². The third-order valence-corrected chi connectivity index (χ3v) is 2.73. The number of phenolic OH excluding ortho intramolecular Hbond substituents is 1. The van der Waals surface area contributed by atoms with Gasteiger partial charge in [-0.05, 0) is 24.3 Å². The topological polar surface area (TPSA) is 58.6 Å². The number of ketones is 1. The number of phenols is 1. The summed E-state index contributed by atoms with van der Waals surface area (Å²) in [4.78, 5) is 11.9. The lowest BCUT2D eigenvalue weighted by atomic mass is 10.1. The molecule has 102 valence electrons. The lowest BCUT2D eigenvalue weighted by molar-refractivity contribution is 0.104. The van der Waals surface area contributed by atoms with Gasteiger partial charge in [-0.15, -0.1) is 0 Å². The van der Waals surface area contributed by atoms with Crippen LogP contribution in [0.4, 0.5) is 5.69 Å². The number of hydrogen-bond donors (Lipinski definition) is 2. The molecule has 0 unspecified atom stereocenters. The number of carbonyl (C=O) groups is 1. The summed E-state index contributed by atoms with van der Waals surface area (Å²) in [6, 6.07) is 13.7. The van der Waals surface area contributed by atoms with Gasteiger partial charge in [0.05, 0.1) is 12.8 Å². The Hall–Kier alpha value is -2.75.